The summed E-state index contributed by atoms with van der Waals surface area (Å²) < 4.78 is 4.46. The lowest BCUT2D eigenvalue weighted by Gasteiger charge is -2.17. The van der Waals surface area contributed by atoms with Crippen LogP contribution in [-0.4, -0.2) is 60.2 Å². The minimum Gasteiger partial charge on any atom is -0.481 e. The third-order valence-electron chi connectivity index (χ3n) is 3.02. The Hall–Kier alpha value is -2.32. The van der Waals surface area contributed by atoms with Crippen LogP contribution in [0.3, 0.4) is 0 Å². The summed E-state index contributed by atoms with van der Waals surface area (Å²) >= 11 is 0. The Bertz CT molecular complexity index is 425. The monoisotopic (exact) mass is 301 g/mol. The van der Waals surface area contributed by atoms with Gasteiger partial charge in [0.2, 0.25) is 5.91 Å². The van der Waals surface area contributed by atoms with Gasteiger partial charge in [0.25, 0.3) is 0 Å². The van der Waals surface area contributed by atoms with Gasteiger partial charge in [0.15, 0.2) is 0 Å². The minimum absolute atomic E-state index is 0.0181. The molecule has 0 aliphatic carbocycles. The molecule has 3 N–H and O–H groups in total. The lowest BCUT2D eigenvalue weighted by Crippen LogP contribution is -2.44. The lowest BCUT2D eigenvalue weighted by atomic mass is 10.2. The smallest absolute Gasteiger partial charge is 0.407 e. The normalized spacial score (nSPS) is 17.2. The number of nitrogens with zero attached hydrogens (tertiary/aromatic N) is 1. The number of imide groups is 1. The lowest BCUT2D eigenvalue weighted by molar-refractivity contribution is -0.137. The Morgan fingerprint density at radius 2 is 2.00 bits per heavy atom. The van der Waals surface area contributed by atoms with Crippen LogP contribution in [0.25, 0.3) is 0 Å². The van der Waals surface area contributed by atoms with Gasteiger partial charge in [0, 0.05) is 25.9 Å². The number of hydrogen-bond acceptors (Lipinski definition) is 5. The van der Waals surface area contributed by atoms with E-state index in [4.69, 9.17) is 5.11 Å². The van der Waals surface area contributed by atoms with Crippen LogP contribution >= 0.6 is 0 Å². The number of carbonyl (C=O) groups excluding carboxylic acids is 3. The van der Waals surface area contributed by atoms with Crippen molar-refractivity contribution in [1.82, 2.24) is 15.5 Å². The van der Waals surface area contributed by atoms with Crippen LogP contribution in [0, 0.1) is 0 Å². The molecule has 1 aliphatic rings. The maximum absolute atomic E-state index is 11.8. The van der Waals surface area contributed by atoms with Gasteiger partial charge in [-0.1, -0.05) is 0 Å². The topological polar surface area (TPSA) is 125 Å². The fraction of sp³-hybridized carbons (Fsp3) is 0.667. The summed E-state index contributed by atoms with van der Waals surface area (Å²) in [6, 6.07) is -0.741. The molecule has 9 nitrogen and oxygen atoms in total. The van der Waals surface area contributed by atoms with Crippen molar-refractivity contribution in [1.29, 1.82) is 0 Å². The van der Waals surface area contributed by atoms with Gasteiger partial charge in [0.05, 0.1) is 13.2 Å². The minimum atomic E-state index is -0.981. The Balaban J connectivity index is 2.28. The number of likely N-dealkylation sites (tertiary alicyclic amines) is 1. The molecule has 21 heavy (non-hydrogen) atoms. The van der Waals surface area contributed by atoms with Crippen molar-refractivity contribution in [2.24, 2.45) is 0 Å². The van der Waals surface area contributed by atoms with E-state index in [1.54, 1.807) is 0 Å². The second kappa shape index (κ2) is 8.08. The predicted molar refractivity (Wildman–Crippen MR) is 70.5 cm³/mol. The summed E-state index contributed by atoms with van der Waals surface area (Å²) in [6.07, 6.45) is 0.0649. The van der Waals surface area contributed by atoms with E-state index in [0.717, 1.165) is 0 Å². The largest absolute Gasteiger partial charge is 0.481 e. The predicted octanol–water partition coefficient (Wildman–Crippen LogP) is -0.0922. The highest BCUT2D eigenvalue weighted by Crippen LogP contribution is 2.09. The molecular formula is C12H19N3O6. The Labute approximate surface area is 121 Å². The summed E-state index contributed by atoms with van der Waals surface area (Å²) in [5, 5.41) is 13.2. The zero-order valence-corrected chi connectivity index (χ0v) is 11.8. The molecule has 0 aromatic rings. The van der Waals surface area contributed by atoms with Gasteiger partial charge in [-0.15, -0.1) is 0 Å². The molecule has 0 bridgehead atoms. The second-order valence-electron chi connectivity index (χ2n) is 4.67. The molecule has 0 aromatic heterocycles. The molecule has 9 heteroatoms. The van der Waals surface area contributed by atoms with Gasteiger partial charge in [0.1, 0.15) is 0 Å². The fourth-order valence-corrected chi connectivity index (χ4v) is 1.95. The molecule has 1 unspecified atom stereocenters. The number of hydrogen-bond donors (Lipinski definition) is 3. The zero-order valence-electron chi connectivity index (χ0n) is 11.8. The molecule has 118 valence electrons. The number of rotatable bonds is 5. The summed E-state index contributed by atoms with van der Waals surface area (Å²) in [4.78, 5) is 46.0. The fourth-order valence-electron chi connectivity index (χ4n) is 1.95. The quantitative estimate of drug-likeness (QED) is 0.651. The van der Waals surface area contributed by atoms with Gasteiger partial charge in [-0.2, -0.15) is 0 Å². The van der Waals surface area contributed by atoms with E-state index in [0.29, 0.717) is 19.5 Å². The molecule has 0 spiro atoms. The van der Waals surface area contributed by atoms with Crippen LogP contribution in [0.5, 0.6) is 0 Å². The number of carboxylic acids is 1. The van der Waals surface area contributed by atoms with Crippen LogP contribution in [0.4, 0.5) is 9.59 Å². The first-order valence-electron chi connectivity index (χ1n) is 6.57. The van der Waals surface area contributed by atoms with Crippen LogP contribution in [0.2, 0.25) is 0 Å². The standard InChI is InChI=1S/C12H19N3O6/c1-21-12(20)13-8-5-6-15(7-8)11(19)14-9(16)3-2-4-10(17)18/h8H,2-7H2,1H3,(H,13,20)(H,17,18)(H,14,16,19). The van der Waals surface area contributed by atoms with Crippen LogP contribution < -0.4 is 10.6 Å². The molecule has 4 amide bonds. The molecule has 0 aromatic carbocycles. The first-order valence-corrected chi connectivity index (χ1v) is 6.57. The molecule has 1 rings (SSSR count). The molecule has 1 fully saturated rings. The number of aliphatic carboxylic acids is 1. The summed E-state index contributed by atoms with van der Waals surface area (Å²) in [6.45, 7) is 0.715. The average molecular weight is 301 g/mol. The molecule has 0 saturated carbocycles. The maximum atomic E-state index is 11.8. The summed E-state index contributed by atoms with van der Waals surface area (Å²) in [7, 11) is 1.25. The Kier molecular flexibility index (Phi) is 6.44. The van der Waals surface area contributed by atoms with Gasteiger partial charge in [-0.25, -0.2) is 9.59 Å². The first kappa shape index (κ1) is 16.7. The van der Waals surface area contributed by atoms with Gasteiger partial charge >= 0.3 is 18.1 Å². The SMILES string of the molecule is COC(=O)NC1CCN(C(=O)NC(=O)CCCC(=O)O)C1. The Morgan fingerprint density at radius 3 is 2.62 bits per heavy atom. The number of alkyl carbamates (subject to hydrolysis) is 1. The highest BCUT2D eigenvalue weighted by molar-refractivity contribution is 5.94. The van der Waals surface area contributed by atoms with Crippen molar-refractivity contribution in [2.75, 3.05) is 20.2 Å². The highest BCUT2D eigenvalue weighted by Gasteiger charge is 2.28. The van der Waals surface area contributed by atoms with E-state index in [1.807, 2.05) is 0 Å². The van der Waals surface area contributed by atoms with Crippen molar-refractivity contribution in [3.05, 3.63) is 0 Å². The molecule has 1 saturated heterocycles. The van der Waals surface area contributed by atoms with Gasteiger partial charge < -0.3 is 20.1 Å². The Morgan fingerprint density at radius 1 is 1.29 bits per heavy atom. The van der Waals surface area contributed by atoms with Gasteiger partial charge in [-0.05, 0) is 12.8 Å². The van der Waals surface area contributed by atoms with E-state index in [1.165, 1.54) is 12.0 Å². The van der Waals surface area contributed by atoms with Crippen molar-refractivity contribution < 1.29 is 29.0 Å². The van der Waals surface area contributed by atoms with E-state index in [2.05, 4.69) is 15.4 Å². The molecule has 1 atom stereocenters. The first-order chi connectivity index (χ1) is 9.92. The summed E-state index contributed by atoms with van der Waals surface area (Å²) in [5.74, 6) is -1.49. The number of methoxy groups -OCH3 is 1. The number of urea groups is 1. The van der Waals surface area contributed by atoms with Crippen LogP contribution in [-0.2, 0) is 14.3 Å². The number of nitrogens with one attached hydrogen (secondary N) is 2. The van der Waals surface area contributed by atoms with Crippen LogP contribution in [0.15, 0.2) is 0 Å². The molecular weight excluding hydrogens is 282 g/mol. The second-order valence-corrected chi connectivity index (χ2v) is 4.67. The van der Waals surface area contributed by atoms with E-state index in [9.17, 15) is 19.2 Å². The average Bonchev–Trinajstić information content (AvgIpc) is 2.86. The number of ether oxygens (including phenoxy) is 1. The van der Waals surface area contributed by atoms with Crippen molar-refractivity contribution in [3.8, 4) is 0 Å². The number of amides is 4. The third kappa shape index (κ3) is 6.11. The summed E-state index contributed by atoms with van der Waals surface area (Å²) in [5.41, 5.74) is 0. The van der Waals surface area contributed by atoms with Crippen LogP contribution in [0.1, 0.15) is 25.7 Å². The third-order valence-corrected chi connectivity index (χ3v) is 3.02. The van der Waals surface area contributed by atoms with Crippen molar-refractivity contribution in [3.63, 3.8) is 0 Å². The van der Waals surface area contributed by atoms with Crippen molar-refractivity contribution >= 4 is 24.0 Å². The van der Waals surface area contributed by atoms with E-state index >= 15 is 0 Å². The highest BCUT2D eigenvalue weighted by atomic mass is 16.5. The maximum Gasteiger partial charge on any atom is 0.407 e. The molecule has 1 heterocycles. The van der Waals surface area contributed by atoms with E-state index in [-0.39, 0.29) is 25.3 Å². The van der Waals surface area contributed by atoms with Gasteiger partial charge in [-0.3, -0.25) is 14.9 Å². The molecule has 1 aliphatic heterocycles. The molecule has 0 radical (unpaired) electrons. The van der Waals surface area contributed by atoms with E-state index < -0.39 is 24.0 Å². The number of carboxylic acid groups (broad SMARTS) is 1. The van der Waals surface area contributed by atoms with Crippen molar-refractivity contribution in [2.45, 2.75) is 31.7 Å². The zero-order chi connectivity index (χ0) is 15.8. The number of carbonyl (C=O) groups is 4.